The van der Waals surface area contributed by atoms with Crippen LogP contribution >= 0.6 is 0 Å². The number of rotatable bonds is 2. The summed E-state index contributed by atoms with van der Waals surface area (Å²) < 4.78 is 0. The Hall–Kier alpha value is -0.0800. The Kier molecular flexibility index (Phi) is 4.14. The lowest BCUT2D eigenvalue weighted by atomic mass is 9.74. The predicted molar refractivity (Wildman–Crippen MR) is 74.0 cm³/mol. The minimum atomic E-state index is 0.455. The zero-order chi connectivity index (χ0) is 12.5. The van der Waals surface area contributed by atoms with Crippen LogP contribution in [0.5, 0.6) is 0 Å². The molecule has 2 N–H and O–H groups in total. The molecule has 2 aliphatic rings. The maximum atomic E-state index is 6.20. The fraction of sp³-hybridized carbons (Fsp3) is 1.00. The molecular formula is C15H30N2. The molecule has 2 fully saturated rings. The summed E-state index contributed by atoms with van der Waals surface area (Å²) in [5.74, 6) is 0.735. The van der Waals surface area contributed by atoms with Crippen molar-refractivity contribution in [1.29, 1.82) is 0 Å². The van der Waals surface area contributed by atoms with Crippen LogP contribution in [0.2, 0.25) is 0 Å². The largest absolute Gasteiger partial charge is 0.327 e. The minimum absolute atomic E-state index is 0.455. The number of nitrogens with zero attached hydrogens (tertiary/aromatic N) is 1. The average molecular weight is 238 g/mol. The van der Waals surface area contributed by atoms with Gasteiger partial charge in [0, 0.05) is 18.6 Å². The van der Waals surface area contributed by atoms with Crippen LogP contribution in [-0.4, -0.2) is 30.1 Å². The fourth-order valence-corrected chi connectivity index (χ4v) is 3.59. The van der Waals surface area contributed by atoms with Gasteiger partial charge in [0.15, 0.2) is 0 Å². The highest BCUT2D eigenvalue weighted by molar-refractivity contribution is 4.89. The molecule has 0 radical (unpaired) electrons. The van der Waals surface area contributed by atoms with Crippen molar-refractivity contribution >= 4 is 0 Å². The molecule has 2 atom stereocenters. The molecule has 0 spiro atoms. The van der Waals surface area contributed by atoms with Gasteiger partial charge in [-0.3, -0.25) is 4.90 Å². The minimum Gasteiger partial charge on any atom is -0.327 e. The zero-order valence-corrected chi connectivity index (χ0v) is 11.9. The van der Waals surface area contributed by atoms with E-state index in [1.165, 1.54) is 51.6 Å². The lowest BCUT2D eigenvalue weighted by Gasteiger charge is -2.45. The average Bonchev–Trinajstić information content (AvgIpc) is 2.30. The van der Waals surface area contributed by atoms with Gasteiger partial charge < -0.3 is 5.73 Å². The van der Waals surface area contributed by atoms with Gasteiger partial charge >= 0.3 is 0 Å². The maximum Gasteiger partial charge on any atom is 0.00957 e. The molecule has 2 heteroatoms. The van der Waals surface area contributed by atoms with Gasteiger partial charge in [0.05, 0.1) is 0 Å². The first-order valence-corrected chi connectivity index (χ1v) is 7.51. The summed E-state index contributed by atoms with van der Waals surface area (Å²) in [5, 5.41) is 0. The Bertz CT molecular complexity index is 239. The molecule has 1 saturated carbocycles. The van der Waals surface area contributed by atoms with Crippen molar-refractivity contribution in [3.63, 3.8) is 0 Å². The van der Waals surface area contributed by atoms with Gasteiger partial charge in [0.1, 0.15) is 0 Å². The first-order chi connectivity index (χ1) is 8.02. The summed E-state index contributed by atoms with van der Waals surface area (Å²) in [6.45, 7) is 9.62. The third-order valence-corrected chi connectivity index (χ3v) is 5.17. The van der Waals surface area contributed by atoms with Crippen molar-refractivity contribution < 1.29 is 0 Å². The lowest BCUT2D eigenvalue weighted by Crippen LogP contribution is -2.51. The summed E-state index contributed by atoms with van der Waals surface area (Å²) in [7, 11) is 0. The van der Waals surface area contributed by atoms with Crippen LogP contribution in [0.4, 0.5) is 0 Å². The fourth-order valence-electron chi connectivity index (χ4n) is 3.59. The Labute approximate surface area is 107 Å². The number of nitrogens with two attached hydrogens (primary N) is 1. The second-order valence-corrected chi connectivity index (χ2v) is 7.01. The van der Waals surface area contributed by atoms with Crippen LogP contribution in [0.15, 0.2) is 0 Å². The molecule has 0 amide bonds. The molecule has 2 rings (SSSR count). The van der Waals surface area contributed by atoms with Crippen LogP contribution in [0.3, 0.4) is 0 Å². The van der Waals surface area contributed by atoms with E-state index in [1.54, 1.807) is 0 Å². The van der Waals surface area contributed by atoms with E-state index in [0.717, 1.165) is 12.0 Å². The summed E-state index contributed by atoms with van der Waals surface area (Å²) in [5.41, 5.74) is 6.79. The third-order valence-electron chi connectivity index (χ3n) is 5.17. The number of piperidine rings is 1. The number of hydrogen-bond donors (Lipinski definition) is 1. The Balaban J connectivity index is 1.87. The highest BCUT2D eigenvalue weighted by Crippen LogP contribution is 2.37. The van der Waals surface area contributed by atoms with Crippen molar-refractivity contribution in [2.24, 2.45) is 17.1 Å². The summed E-state index contributed by atoms with van der Waals surface area (Å²) >= 11 is 0. The van der Waals surface area contributed by atoms with E-state index in [2.05, 4.69) is 25.7 Å². The standard InChI is InChI=1S/C15H30N2/c1-4-12-11-17(10-7-14(12)16)13-5-8-15(2,3)9-6-13/h12-14H,4-11,16H2,1-3H3. The van der Waals surface area contributed by atoms with Crippen molar-refractivity contribution in [3.05, 3.63) is 0 Å². The van der Waals surface area contributed by atoms with E-state index >= 15 is 0 Å². The number of hydrogen-bond acceptors (Lipinski definition) is 2. The Morgan fingerprint density at radius 2 is 1.82 bits per heavy atom. The van der Waals surface area contributed by atoms with Gasteiger partial charge in [0.2, 0.25) is 0 Å². The zero-order valence-electron chi connectivity index (χ0n) is 11.9. The molecule has 1 aliphatic carbocycles. The van der Waals surface area contributed by atoms with Gasteiger partial charge in [-0.25, -0.2) is 0 Å². The van der Waals surface area contributed by atoms with Crippen molar-refractivity contribution in [2.45, 2.75) is 71.4 Å². The van der Waals surface area contributed by atoms with E-state index < -0.39 is 0 Å². The van der Waals surface area contributed by atoms with Crippen LogP contribution in [-0.2, 0) is 0 Å². The van der Waals surface area contributed by atoms with Crippen molar-refractivity contribution in [3.8, 4) is 0 Å². The molecule has 0 aromatic rings. The van der Waals surface area contributed by atoms with Gasteiger partial charge in [-0.1, -0.05) is 27.2 Å². The Morgan fingerprint density at radius 1 is 1.18 bits per heavy atom. The van der Waals surface area contributed by atoms with Gasteiger partial charge in [-0.2, -0.15) is 0 Å². The van der Waals surface area contributed by atoms with Crippen LogP contribution in [0, 0.1) is 11.3 Å². The van der Waals surface area contributed by atoms with Crippen LogP contribution < -0.4 is 5.73 Å². The first kappa shape index (κ1) is 13.4. The third kappa shape index (κ3) is 3.23. The van der Waals surface area contributed by atoms with Crippen molar-refractivity contribution in [1.82, 2.24) is 4.90 Å². The molecule has 100 valence electrons. The van der Waals surface area contributed by atoms with Crippen molar-refractivity contribution in [2.75, 3.05) is 13.1 Å². The molecule has 0 aromatic heterocycles. The second-order valence-electron chi connectivity index (χ2n) is 7.01. The van der Waals surface area contributed by atoms with E-state index in [4.69, 9.17) is 5.73 Å². The van der Waals surface area contributed by atoms with E-state index in [-0.39, 0.29) is 0 Å². The monoisotopic (exact) mass is 238 g/mol. The molecule has 2 nitrogen and oxygen atoms in total. The second kappa shape index (κ2) is 5.27. The molecule has 17 heavy (non-hydrogen) atoms. The molecule has 1 heterocycles. The maximum absolute atomic E-state index is 6.20. The van der Waals surface area contributed by atoms with Gasteiger partial charge in [-0.15, -0.1) is 0 Å². The Morgan fingerprint density at radius 3 is 2.41 bits per heavy atom. The van der Waals surface area contributed by atoms with Crippen LogP contribution in [0.25, 0.3) is 0 Å². The summed E-state index contributed by atoms with van der Waals surface area (Å²) in [6.07, 6.45) is 8.06. The number of likely N-dealkylation sites (tertiary alicyclic amines) is 1. The summed E-state index contributed by atoms with van der Waals surface area (Å²) in [4.78, 5) is 2.74. The summed E-state index contributed by atoms with van der Waals surface area (Å²) in [6, 6.07) is 1.31. The smallest absolute Gasteiger partial charge is 0.00957 e. The SMILES string of the molecule is CCC1CN(C2CCC(C)(C)CC2)CCC1N. The lowest BCUT2D eigenvalue weighted by molar-refractivity contribution is 0.0606. The van der Waals surface area contributed by atoms with E-state index in [1.807, 2.05) is 0 Å². The van der Waals surface area contributed by atoms with Crippen LogP contribution in [0.1, 0.15) is 59.3 Å². The molecule has 1 aliphatic heterocycles. The predicted octanol–water partition coefficient (Wildman–Crippen LogP) is 3.01. The van der Waals surface area contributed by atoms with Gasteiger partial charge in [0.25, 0.3) is 0 Å². The first-order valence-electron chi connectivity index (χ1n) is 7.51. The quantitative estimate of drug-likeness (QED) is 0.801. The highest BCUT2D eigenvalue weighted by atomic mass is 15.2. The molecule has 1 saturated heterocycles. The molecule has 0 aromatic carbocycles. The molecule has 2 unspecified atom stereocenters. The van der Waals surface area contributed by atoms with Gasteiger partial charge in [-0.05, 0) is 50.0 Å². The molecular weight excluding hydrogens is 208 g/mol. The van der Waals surface area contributed by atoms with E-state index in [9.17, 15) is 0 Å². The topological polar surface area (TPSA) is 29.3 Å². The van der Waals surface area contributed by atoms with E-state index in [0.29, 0.717) is 11.5 Å². The highest BCUT2D eigenvalue weighted by Gasteiger charge is 2.33. The molecule has 0 bridgehead atoms. The normalized spacial score (nSPS) is 36.0.